The Morgan fingerprint density at radius 1 is 1.00 bits per heavy atom. The fourth-order valence-corrected chi connectivity index (χ4v) is 2.77. The van der Waals surface area contributed by atoms with Crippen LogP contribution in [0, 0.1) is 31.3 Å². The average Bonchev–Trinajstić information content (AvgIpc) is 2.61. The van der Waals surface area contributed by atoms with Crippen LogP contribution in [0.3, 0.4) is 0 Å². The molecule has 3 nitrogen and oxygen atoms in total. The zero-order valence-corrected chi connectivity index (χ0v) is 15.9. The van der Waals surface area contributed by atoms with Crippen LogP contribution in [0.25, 0.3) is 0 Å². The quantitative estimate of drug-likeness (QED) is 0.380. The second kappa shape index (κ2) is 8.84. The fraction of sp³-hybridized carbons (Fsp3) is 0.333. The van der Waals surface area contributed by atoms with E-state index in [0.29, 0.717) is 23.3 Å². The van der Waals surface area contributed by atoms with Crippen LogP contribution < -0.4 is 0 Å². The van der Waals surface area contributed by atoms with Gasteiger partial charge in [-0.05, 0) is 51.0 Å². The number of rotatable bonds is 7. The number of hydrogen-bond acceptors (Lipinski definition) is 2. The first-order valence-electron chi connectivity index (χ1n) is 8.82. The summed E-state index contributed by atoms with van der Waals surface area (Å²) < 4.78 is 40.7. The summed E-state index contributed by atoms with van der Waals surface area (Å²) in [6.45, 7) is 9.31. The molecule has 0 unspecified atom stereocenters. The Labute approximate surface area is 157 Å². The van der Waals surface area contributed by atoms with Crippen molar-refractivity contribution in [2.45, 2.75) is 34.1 Å². The summed E-state index contributed by atoms with van der Waals surface area (Å²) in [6, 6.07) is 4.61. The van der Waals surface area contributed by atoms with Crippen molar-refractivity contribution in [3.63, 3.8) is 0 Å². The Kier molecular flexibility index (Phi) is 6.77. The normalized spacial score (nSPS) is 11.2. The van der Waals surface area contributed by atoms with Gasteiger partial charge in [0.25, 0.3) is 0 Å². The summed E-state index contributed by atoms with van der Waals surface area (Å²) in [6.07, 6.45) is 1.28. The summed E-state index contributed by atoms with van der Waals surface area (Å²) in [5.41, 5.74) is 2.13. The first kappa shape index (κ1) is 20.7. The third-order valence-corrected chi connectivity index (χ3v) is 4.46. The van der Waals surface area contributed by atoms with E-state index in [1.54, 1.807) is 25.4 Å². The van der Waals surface area contributed by atoms with E-state index in [1.165, 1.54) is 0 Å². The molecule has 27 heavy (non-hydrogen) atoms. The molecule has 0 bridgehead atoms. The summed E-state index contributed by atoms with van der Waals surface area (Å²) in [4.78, 5) is 19.1. The molecule has 2 aromatic rings. The van der Waals surface area contributed by atoms with Gasteiger partial charge in [0.2, 0.25) is 0 Å². The van der Waals surface area contributed by atoms with Gasteiger partial charge in [0.15, 0.2) is 5.78 Å². The third-order valence-electron chi connectivity index (χ3n) is 4.46. The molecular weight excluding hydrogens is 353 g/mol. The van der Waals surface area contributed by atoms with Crippen LogP contribution in [-0.4, -0.2) is 30.1 Å². The van der Waals surface area contributed by atoms with Crippen molar-refractivity contribution in [2.75, 3.05) is 13.1 Å². The van der Waals surface area contributed by atoms with E-state index in [1.807, 2.05) is 25.7 Å². The van der Waals surface area contributed by atoms with E-state index in [4.69, 9.17) is 0 Å². The number of nitrogens with zero attached hydrogens (tertiary/aromatic N) is 2. The Morgan fingerprint density at radius 3 is 2.15 bits per heavy atom. The highest BCUT2D eigenvalue weighted by molar-refractivity contribution is 5.99. The molecule has 0 aliphatic heterocycles. The van der Waals surface area contributed by atoms with Crippen molar-refractivity contribution in [3.05, 3.63) is 64.0 Å². The van der Waals surface area contributed by atoms with E-state index in [2.05, 4.69) is 4.99 Å². The van der Waals surface area contributed by atoms with Gasteiger partial charge in [-0.1, -0.05) is 0 Å². The third kappa shape index (κ3) is 4.96. The van der Waals surface area contributed by atoms with Crippen molar-refractivity contribution in [3.8, 4) is 0 Å². The van der Waals surface area contributed by atoms with Gasteiger partial charge >= 0.3 is 0 Å². The monoisotopic (exact) mass is 376 g/mol. The van der Waals surface area contributed by atoms with Gasteiger partial charge in [-0.3, -0.25) is 4.79 Å². The summed E-state index contributed by atoms with van der Waals surface area (Å²) in [5.74, 6) is -3.56. The van der Waals surface area contributed by atoms with Gasteiger partial charge in [0.1, 0.15) is 17.5 Å². The first-order valence-corrected chi connectivity index (χ1v) is 8.82. The fourth-order valence-electron chi connectivity index (χ4n) is 2.77. The molecule has 0 aromatic heterocycles. The minimum absolute atomic E-state index is 0.373. The Balaban J connectivity index is 2.29. The molecule has 0 heterocycles. The van der Waals surface area contributed by atoms with Gasteiger partial charge in [0.05, 0.1) is 12.0 Å². The first-order chi connectivity index (χ1) is 12.8. The van der Waals surface area contributed by atoms with Crippen molar-refractivity contribution in [1.29, 1.82) is 0 Å². The molecule has 0 N–H and O–H groups in total. The molecular formula is C21H23F3N2O. The molecule has 0 amide bonds. The summed E-state index contributed by atoms with van der Waals surface area (Å²) >= 11 is 0. The van der Waals surface area contributed by atoms with Crippen LogP contribution >= 0.6 is 0 Å². The molecule has 0 spiro atoms. The van der Waals surface area contributed by atoms with E-state index >= 15 is 0 Å². The van der Waals surface area contributed by atoms with Crippen LogP contribution in [-0.2, 0) is 6.42 Å². The molecule has 0 fully saturated rings. The number of benzene rings is 2. The second-order valence-electron chi connectivity index (χ2n) is 6.37. The number of aliphatic imine (C=N–C) groups is 1. The van der Waals surface area contributed by atoms with Gasteiger partial charge < -0.3 is 4.90 Å². The number of carbonyl (C=O) groups is 1. The summed E-state index contributed by atoms with van der Waals surface area (Å²) in [7, 11) is 0. The molecule has 2 aromatic carbocycles. The van der Waals surface area contributed by atoms with E-state index in [-0.39, 0.29) is 0 Å². The highest BCUT2D eigenvalue weighted by atomic mass is 19.1. The van der Waals surface area contributed by atoms with Crippen LogP contribution in [0.4, 0.5) is 18.9 Å². The topological polar surface area (TPSA) is 32.7 Å². The number of hydrogen-bond donors (Lipinski definition) is 0. The Hall–Kier alpha value is -2.63. The van der Waals surface area contributed by atoms with Crippen LogP contribution in [0.15, 0.2) is 29.3 Å². The minimum atomic E-state index is -1.06. The standard InChI is InChI=1S/C21H23F3N2O/c1-5-26(6-2)12-25-20-8-13(3)16(7-14(20)4)21(27)11-17-18(23)9-15(22)10-19(17)24/h7-10,12H,5-6,11H2,1-4H3/b25-12+. The summed E-state index contributed by atoms with van der Waals surface area (Å²) in [5, 5.41) is 0. The average molecular weight is 376 g/mol. The molecule has 0 saturated carbocycles. The molecule has 0 saturated heterocycles. The Morgan fingerprint density at radius 2 is 1.59 bits per heavy atom. The van der Waals surface area contributed by atoms with Crippen molar-refractivity contribution >= 4 is 17.8 Å². The van der Waals surface area contributed by atoms with Crippen LogP contribution in [0.2, 0.25) is 0 Å². The molecule has 2 rings (SSSR count). The number of aryl methyl sites for hydroxylation is 2. The minimum Gasteiger partial charge on any atom is -0.363 e. The number of halogens is 3. The zero-order chi connectivity index (χ0) is 20.1. The van der Waals surface area contributed by atoms with E-state index in [9.17, 15) is 18.0 Å². The van der Waals surface area contributed by atoms with Gasteiger partial charge in [0, 0.05) is 42.8 Å². The maximum atomic E-state index is 13.8. The highest BCUT2D eigenvalue weighted by Gasteiger charge is 2.18. The SMILES string of the molecule is CCN(/C=N/c1cc(C)c(C(=O)Cc2c(F)cc(F)cc2F)cc1C)CC. The second-order valence-corrected chi connectivity index (χ2v) is 6.37. The van der Waals surface area contributed by atoms with E-state index in [0.717, 1.165) is 24.3 Å². The van der Waals surface area contributed by atoms with E-state index < -0.39 is 35.2 Å². The predicted octanol–water partition coefficient (Wildman–Crippen LogP) is 5.15. The lowest BCUT2D eigenvalue weighted by atomic mass is 9.96. The molecule has 0 radical (unpaired) electrons. The van der Waals surface area contributed by atoms with Gasteiger partial charge in [-0.2, -0.15) is 0 Å². The molecule has 0 atom stereocenters. The molecule has 0 aliphatic carbocycles. The lowest BCUT2D eigenvalue weighted by Gasteiger charge is -2.14. The highest BCUT2D eigenvalue weighted by Crippen LogP contribution is 2.25. The largest absolute Gasteiger partial charge is 0.363 e. The van der Waals surface area contributed by atoms with Crippen molar-refractivity contribution in [1.82, 2.24) is 4.90 Å². The number of Topliss-reactive ketones (excluding diaryl/α,β-unsaturated/α-hetero) is 1. The molecule has 6 heteroatoms. The zero-order valence-electron chi connectivity index (χ0n) is 15.9. The van der Waals surface area contributed by atoms with Gasteiger partial charge in [-0.25, -0.2) is 18.2 Å². The van der Waals surface area contributed by atoms with Gasteiger partial charge in [-0.15, -0.1) is 0 Å². The maximum Gasteiger partial charge on any atom is 0.167 e. The lowest BCUT2D eigenvalue weighted by molar-refractivity contribution is 0.0990. The molecule has 144 valence electrons. The maximum absolute atomic E-state index is 13.8. The number of ketones is 1. The van der Waals surface area contributed by atoms with Crippen molar-refractivity contribution < 1.29 is 18.0 Å². The van der Waals surface area contributed by atoms with Crippen molar-refractivity contribution in [2.24, 2.45) is 4.99 Å². The smallest absolute Gasteiger partial charge is 0.167 e. The Bertz CT molecular complexity index is 851. The van der Waals surface area contributed by atoms with Crippen LogP contribution in [0.1, 0.15) is 40.9 Å². The molecule has 0 aliphatic rings. The number of carbonyl (C=O) groups excluding carboxylic acids is 1. The van der Waals surface area contributed by atoms with Crippen LogP contribution in [0.5, 0.6) is 0 Å². The predicted molar refractivity (Wildman–Crippen MR) is 101 cm³/mol. The lowest BCUT2D eigenvalue weighted by Crippen LogP contribution is -2.20.